The average molecular weight is 1400 g/mol. The molecule has 0 N–H and O–H groups in total. The van der Waals surface area contributed by atoms with E-state index in [0.29, 0.717) is 0 Å². The second-order valence-electron chi connectivity index (χ2n) is 23.5. The molecule has 0 nitrogen and oxygen atoms in total. The summed E-state index contributed by atoms with van der Waals surface area (Å²) in [5, 5.41) is 17.7. The maximum absolute atomic E-state index is 2.47. The van der Waals surface area contributed by atoms with Crippen LogP contribution in [0.3, 0.4) is 0 Å². The second-order valence-corrected chi connectivity index (χ2v) is 33.5. The van der Waals surface area contributed by atoms with Crippen LogP contribution in [0.2, 0.25) is 0 Å². The van der Waals surface area contributed by atoms with Crippen LogP contribution in [-0.4, -0.2) is 49.3 Å². The third-order valence-electron chi connectivity index (χ3n) is 16.7. The summed E-state index contributed by atoms with van der Waals surface area (Å²) in [6, 6.07) is 89.5. The van der Waals surface area contributed by atoms with E-state index < -0.39 is 0 Å². The molecule has 0 saturated heterocycles. The summed E-state index contributed by atoms with van der Waals surface area (Å²) in [6.45, 7) is 18.5. The summed E-state index contributed by atoms with van der Waals surface area (Å²) in [6.07, 6.45) is 21.2. The van der Waals surface area contributed by atoms with Gasteiger partial charge in [0.15, 0.2) is 0 Å². The Bertz CT molecular complexity index is 3420. The summed E-state index contributed by atoms with van der Waals surface area (Å²) >= 11 is 0. The molecule has 0 heterocycles. The summed E-state index contributed by atoms with van der Waals surface area (Å²) < 4.78 is 0. The summed E-state index contributed by atoms with van der Waals surface area (Å²) in [5.41, 5.74) is 10.8. The van der Waals surface area contributed by atoms with Crippen molar-refractivity contribution in [1.29, 1.82) is 0 Å². The minimum atomic E-state index is 0. The van der Waals surface area contributed by atoms with Gasteiger partial charge in [-0.1, -0.05) is 306 Å². The van der Waals surface area contributed by atoms with Crippen molar-refractivity contribution in [2.75, 3.05) is 49.3 Å². The van der Waals surface area contributed by atoms with Crippen molar-refractivity contribution in [1.82, 2.24) is 0 Å². The van der Waals surface area contributed by atoms with Crippen molar-refractivity contribution >= 4 is 96.0 Å². The minimum absolute atomic E-state index is 0. The van der Waals surface area contributed by atoms with E-state index in [1.807, 2.05) is 0 Å². The van der Waals surface area contributed by atoms with E-state index in [9.17, 15) is 0 Å². The first-order valence-electron chi connectivity index (χ1n) is 33.3. The largest absolute Gasteiger partial charge is 2.00 e. The molecule has 0 atom stereocenters. The van der Waals surface area contributed by atoms with Crippen molar-refractivity contribution < 1.29 is 68.2 Å². The van der Waals surface area contributed by atoms with E-state index in [4.69, 9.17) is 0 Å². The molecule has 0 unspecified atom stereocenters. The molecule has 8 heteroatoms. The standard InChI is InChI=1S/4C21H24P.2ClH.2Ti/c4*1-3-13-22(14-4-2)19-15-18-11-8-12-20(21(18)16-19)17-9-6-5-7-10-17;;;;/h4*5-12,15-16H,3-4,13-14H2,1-2H3;2*1H;;/q4*-1;;;2*+2/p-2. The topological polar surface area (TPSA) is 0 Å². The molecule has 0 amide bonds. The first kappa shape index (κ1) is 78.6. The average Bonchev–Trinajstić information content (AvgIpc) is 2.27. The van der Waals surface area contributed by atoms with E-state index in [2.05, 4.69) is 298 Å². The molecule has 0 aliphatic rings. The Morgan fingerprint density at radius 3 is 0.565 bits per heavy atom. The van der Waals surface area contributed by atoms with Crippen molar-refractivity contribution in [2.24, 2.45) is 0 Å². The van der Waals surface area contributed by atoms with Gasteiger partial charge in [-0.25, -0.2) is 0 Å². The Labute approximate surface area is 602 Å². The molecule has 12 aromatic rings. The Kier molecular flexibility index (Phi) is 35.7. The van der Waals surface area contributed by atoms with Crippen LogP contribution in [0.15, 0.2) is 243 Å². The summed E-state index contributed by atoms with van der Waals surface area (Å²) in [7, 11) is 0.0637. The molecule has 476 valence electrons. The van der Waals surface area contributed by atoms with Gasteiger partial charge in [0.05, 0.1) is 0 Å². The number of halogens is 2. The predicted octanol–water partition coefficient (Wildman–Crippen LogP) is 18.6. The first-order valence-corrected chi connectivity index (χ1v) is 40.2. The maximum Gasteiger partial charge on any atom is 2.00 e. The zero-order chi connectivity index (χ0) is 61.5. The minimum Gasteiger partial charge on any atom is -1.00 e. The molecule has 0 fully saturated rings. The van der Waals surface area contributed by atoms with Crippen LogP contribution in [0.4, 0.5) is 0 Å². The van der Waals surface area contributed by atoms with E-state index in [1.54, 1.807) is 21.2 Å². The molecule has 12 rings (SSSR count). The van der Waals surface area contributed by atoms with E-state index in [0.717, 1.165) is 0 Å². The predicted molar refractivity (Wildman–Crippen MR) is 407 cm³/mol. The zero-order valence-electron chi connectivity index (χ0n) is 56.0. The number of hydrogen-bond acceptors (Lipinski definition) is 0. The number of fused-ring (bicyclic) bond motifs is 4. The fourth-order valence-electron chi connectivity index (χ4n) is 12.7. The summed E-state index contributed by atoms with van der Waals surface area (Å²) in [5.74, 6) is 0. The van der Waals surface area contributed by atoms with E-state index >= 15 is 0 Å². The van der Waals surface area contributed by atoms with Crippen LogP contribution in [0.1, 0.15) is 107 Å². The van der Waals surface area contributed by atoms with Gasteiger partial charge in [-0.15, -0.1) is 137 Å². The quantitative estimate of drug-likeness (QED) is 0.0321. The van der Waals surface area contributed by atoms with E-state index in [-0.39, 0.29) is 99.9 Å². The van der Waals surface area contributed by atoms with E-state index in [1.165, 1.54) is 188 Å². The SMILES string of the molecule is CCCP(CCC)c1cc2c(-c3ccccc3)cccc2[cH-]1.CCCP(CCC)c1cc2c(-c3ccccc3)cccc2[cH-]1.CCCP(CCC)c1cc2c(-c3ccccc3)cccc2[cH-]1.CCCP(CCC)c1cc2c(-c3ccccc3)cccc2[cH-]1.[Cl-].[Cl-].[Ti+2].[Ti+2]. The molecule has 92 heavy (non-hydrogen) atoms. The van der Waals surface area contributed by atoms with Gasteiger partial charge in [0, 0.05) is 0 Å². The van der Waals surface area contributed by atoms with Crippen LogP contribution < -0.4 is 46.0 Å². The van der Waals surface area contributed by atoms with Gasteiger partial charge in [0.25, 0.3) is 0 Å². The Morgan fingerprint density at radius 1 is 0.228 bits per heavy atom. The molecule has 0 radical (unpaired) electrons. The third-order valence-corrected chi connectivity index (χ3v) is 28.5. The fraction of sp³-hybridized carbons (Fsp3) is 0.286. The van der Waals surface area contributed by atoms with Gasteiger partial charge in [-0.05, 0) is 71.5 Å². The number of benzene rings is 8. The van der Waals surface area contributed by atoms with Crippen LogP contribution >= 0.6 is 31.7 Å². The summed E-state index contributed by atoms with van der Waals surface area (Å²) in [4.78, 5) is 0. The molecule has 0 spiro atoms. The van der Waals surface area contributed by atoms with Crippen LogP contribution in [0.25, 0.3) is 87.6 Å². The molecule has 0 bridgehead atoms. The van der Waals surface area contributed by atoms with Crippen LogP contribution in [0, 0.1) is 0 Å². The molecule has 12 aromatic carbocycles. The molecule has 0 saturated carbocycles. The van der Waals surface area contributed by atoms with Crippen molar-refractivity contribution in [3.8, 4) is 44.5 Å². The fourth-order valence-corrected chi connectivity index (χ4v) is 22.5. The first-order chi connectivity index (χ1) is 43.3. The second kappa shape index (κ2) is 41.8. The molecular weight excluding hydrogens is 1300 g/mol. The Hall–Kier alpha value is -4.07. The van der Waals surface area contributed by atoms with Crippen LogP contribution in [-0.2, 0) is 43.4 Å². The van der Waals surface area contributed by atoms with Gasteiger partial charge >= 0.3 is 43.4 Å². The number of rotatable bonds is 24. The Balaban J connectivity index is 0.000000219. The smallest absolute Gasteiger partial charge is 1.00 e. The molecule has 0 aliphatic carbocycles. The zero-order valence-corrected chi connectivity index (χ0v) is 64.2. The van der Waals surface area contributed by atoms with Crippen LogP contribution in [0.5, 0.6) is 0 Å². The van der Waals surface area contributed by atoms with Gasteiger partial charge < -0.3 is 24.8 Å². The number of hydrogen-bond donors (Lipinski definition) is 0. The van der Waals surface area contributed by atoms with Gasteiger partial charge in [-0.3, -0.25) is 0 Å². The molecule has 0 aromatic heterocycles. The monoisotopic (exact) mass is 1390 g/mol. The Morgan fingerprint density at radius 2 is 0.402 bits per heavy atom. The molecule has 0 aliphatic heterocycles. The normalized spacial score (nSPS) is 10.9. The van der Waals surface area contributed by atoms with Gasteiger partial charge in [-0.2, -0.15) is 24.3 Å². The molecular formula is C84H96Cl2P4Ti2-2. The van der Waals surface area contributed by atoms with Crippen molar-refractivity contribution in [2.45, 2.75) is 107 Å². The third kappa shape index (κ3) is 21.0. The van der Waals surface area contributed by atoms with Gasteiger partial charge in [0.2, 0.25) is 0 Å². The maximum atomic E-state index is 2.47. The van der Waals surface area contributed by atoms with Gasteiger partial charge in [0.1, 0.15) is 0 Å². The van der Waals surface area contributed by atoms with Crippen molar-refractivity contribution in [3.05, 3.63) is 243 Å². The van der Waals surface area contributed by atoms with Crippen molar-refractivity contribution in [3.63, 3.8) is 0 Å².